The second-order valence-electron chi connectivity index (χ2n) is 2.83. The Kier molecular flexibility index (Phi) is 4.22. The van der Waals surface area contributed by atoms with Crippen molar-refractivity contribution in [3.63, 3.8) is 0 Å². The Bertz CT molecular complexity index is 329. The van der Waals surface area contributed by atoms with Gasteiger partial charge in [0, 0.05) is 10.7 Å². The fourth-order valence-corrected chi connectivity index (χ4v) is 2.62. The lowest BCUT2D eigenvalue weighted by Gasteiger charge is -1.96. The predicted molar refractivity (Wildman–Crippen MR) is 56.9 cm³/mol. The van der Waals surface area contributed by atoms with Crippen molar-refractivity contribution in [2.24, 2.45) is 0 Å². The van der Waals surface area contributed by atoms with E-state index in [1.165, 1.54) is 5.56 Å². The van der Waals surface area contributed by atoms with Crippen LogP contribution in [0.5, 0.6) is 0 Å². The van der Waals surface area contributed by atoms with Crippen molar-refractivity contribution < 1.29 is 8.42 Å². The number of thiophene rings is 1. The zero-order valence-electron chi connectivity index (χ0n) is 7.07. The van der Waals surface area contributed by atoms with Gasteiger partial charge in [0.1, 0.15) is 0 Å². The minimum atomic E-state index is -3.29. The second kappa shape index (κ2) is 4.98. The second-order valence-corrected chi connectivity index (χ2v) is 6.51. The van der Waals surface area contributed by atoms with E-state index in [1.54, 1.807) is 11.3 Å². The summed E-state index contributed by atoms with van der Waals surface area (Å²) in [6.07, 6.45) is 2.46. The summed E-state index contributed by atoms with van der Waals surface area (Å²) in [5.41, 5.74) is 1.27. The molecular weight excluding hydrogens is 228 g/mol. The topological polar surface area (TPSA) is 34.1 Å². The van der Waals surface area contributed by atoms with Crippen molar-refractivity contribution >= 4 is 31.1 Å². The standard InChI is InChI=1S/C8H11ClO2S2/c9-13(10,11)6-2-1-3-8-4-5-12-7-8/h4-5,7H,1-3,6H2. The molecule has 1 rings (SSSR count). The number of rotatable bonds is 5. The lowest BCUT2D eigenvalue weighted by Crippen LogP contribution is -1.97. The van der Waals surface area contributed by atoms with Crippen molar-refractivity contribution in [1.29, 1.82) is 0 Å². The third-order valence-corrected chi connectivity index (χ3v) is 3.65. The Morgan fingerprint density at radius 1 is 1.38 bits per heavy atom. The van der Waals surface area contributed by atoms with E-state index in [9.17, 15) is 8.42 Å². The minimum Gasteiger partial charge on any atom is -0.212 e. The van der Waals surface area contributed by atoms with Crippen LogP contribution in [0.2, 0.25) is 0 Å². The lowest BCUT2D eigenvalue weighted by molar-refractivity contribution is 0.605. The van der Waals surface area contributed by atoms with Gasteiger partial charge in [0.25, 0.3) is 0 Å². The molecule has 0 fully saturated rings. The fourth-order valence-electron chi connectivity index (χ4n) is 1.04. The summed E-state index contributed by atoms with van der Waals surface area (Å²) >= 11 is 1.66. The maximum atomic E-state index is 10.6. The summed E-state index contributed by atoms with van der Waals surface area (Å²) in [6.45, 7) is 0. The third kappa shape index (κ3) is 5.29. The molecule has 0 bridgehead atoms. The monoisotopic (exact) mass is 238 g/mol. The number of halogens is 1. The van der Waals surface area contributed by atoms with Crippen LogP contribution in [0.15, 0.2) is 16.8 Å². The largest absolute Gasteiger partial charge is 0.232 e. The van der Waals surface area contributed by atoms with E-state index in [4.69, 9.17) is 10.7 Å². The molecule has 0 saturated carbocycles. The molecule has 0 aromatic carbocycles. The maximum Gasteiger partial charge on any atom is 0.232 e. The van der Waals surface area contributed by atoms with E-state index in [0.29, 0.717) is 6.42 Å². The molecule has 0 aliphatic rings. The van der Waals surface area contributed by atoms with Crippen molar-refractivity contribution in [3.8, 4) is 0 Å². The Morgan fingerprint density at radius 3 is 2.69 bits per heavy atom. The van der Waals surface area contributed by atoms with E-state index >= 15 is 0 Å². The normalized spacial score (nSPS) is 11.8. The molecule has 1 aromatic rings. The molecule has 5 heteroatoms. The quantitative estimate of drug-likeness (QED) is 0.584. The average Bonchev–Trinajstić information content (AvgIpc) is 2.48. The van der Waals surface area contributed by atoms with Crippen LogP contribution in [0.3, 0.4) is 0 Å². The molecule has 0 unspecified atom stereocenters. The van der Waals surface area contributed by atoms with Gasteiger partial charge in [-0.05, 0) is 41.7 Å². The number of aryl methyl sites for hydroxylation is 1. The molecule has 0 atom stereocenters. The first kappa shape index (κ1) is 11.0. The molecule has 0 saturated heterocycles. The summed E-state index contributed by atoms with van der Waals surface area (Å²) in [5, 5.41) is 4.10. The summed E-state index contributed by atoms with van der Waals surface area (Å²) in [5.74, 6) is 0.0820. The van der Waals surface area contributed by atoms with Crippen LogP contribution in [0, 0.1) is 0 Å². The van der Waals surface area contributed by atoms with Gasteiger partial charge in [-0.3, -0.25) is 0 Å². The highest BCUT2D eigenvalue weighted by molar-refractivity contribution is 8.13. The Labute approximate surface area is 87.0 Å². The highest BCUT2D eigenvalue weighted by Crippen LogP contribution is 2.10. The Hall–Kier alpha value is -0.0600. The van der Waals surface area contributed by atoms with Crippen LogP contribution in [-0.4, -0.2) is 14.2 Å². The number of hydrogen-bond acceptors (Lipinski definition) is 3. The lowest BCUT2D eigenvalue weighted by atomic mass is 10.2. The first-order valence-electron chi connectivity index (χ1n) is 4.01. The first-order chi connectivity index (χ1) is 6.08. The third-order valence-electron chi connectivity index (χ3n) is 1.68. The van der Waals surface area contributed by atoms with Crippen LogP contribution in [-0.2, 0) is 15.5 Å². The van der Waals surface area contributed by atoms with E-state index < -0.39 is 9.05 Å². The van der Waals surface area contributed by atoms with E-state index in [0.717, 1.165) is 12.8 Å². The minimum absolute atomic E-state index is 0.0820. The predicted octanol–water partition coefficient (Wildman–Crippen LogP) is 2.64. The molecule has 2 nitrogen and oxygen atoms in total. The smallest absolute Gasteiger partial charge is 0.212 e. The highest BCUT2D eigenvalue weighted by Gasteiger charge is 2.03. The molecular formula is C8H11ClO2S2. The summed E-state index contributed by atoms with van der Waals surface area (Å²) < 4.78 is 21.1. The van der Waals surface area contributed by atoms with Gasteiger partial charge in [0.15, 0.2) is 0 Å². The summed E-state index contributed by atoms with van der Waals surface area (Å²) in [6, 6.07) is 2.06. The van der Waals surface area contributed by atoms with E-state index in [1.807, 2.05) is 5.38 Å². The molecule has 0 amide bonds. The van der Waals surface area contributed by atoms with Crippen LogP contribution in [0.25, 0.3) is 0 Å². The van der Waals surface area contributed by atoms with Crippen LogP contribution < -0.4 is 0 Å². The molecule has 0 N–H and O–H groups in total. The molecule has 0 spiro atoms. The molecule has 0 radical (unpaired) electrons. The van der Waals surface area contributed by atoms with Crippen LogP contribution >= 0.6 is 22.0 Å². The van der Waals surface area contributed by atoms with Crippen molar-refractivity contribution in [2.75, 3.05) is 5.75 Å². The summed E-state index contributed by atoms with van der Waals surface area (Å²) in [7, 11) is 1.78. The van der Waals surface area contributed by atoms with Crippen molar-refractivity contribution in [2.45, 2.75) is 19.3 Å². The molecule has 1 aromatic heterocycles. The average molecular weight is 239 g/mol. The first-order valence-corrected chi connectivity index (χ1v) is 7.43. The maximum absolute atomic E-state index is 10.6. The molecule has 74 valence electrons. The Morgan fingerprint density at radius 2 is 2.15 bits per heavy atom. The SMILES string of the molecule is O=S(=O)(Cl)CCCCc1ccsc1. The van der Waals surface area contributed by atoms with E-state index in [2.05, 4.69) is 11.4 Å². The molecule has 13 heavy (non-hydrogen) atoms. The van der Waals surface area contributed by atoms with Crippen LogP contribution in [0.4, 0.5) is 0 Å². The highest BCUT2D eigenvalue weighted by atomic mass is 35.7. The van der Waals surface area contributed by atoms with Gasteiger partial charge in [-0.15, -0.1) is 0 Å². The van der Waals surface area contributed by atoms with Gasteiger partial charge in [-0.25, -0.2) is 8.42 Å². The number of hydrogen-bond donors (Lipinski definition) is 0. The van der Waals surface area contributed by atoms with Crippen LogP contribution in [0.1, 0.15) is 18.4 Å². The van der Waals surface area contributed by atoms with Gasteiger partial charge in [0.2, 0.25) is 9.05 Å². The van der Waals surface area contributed by atoms with Gasteiger partial charge in [-0.2, -0.15) is 11.3 Å². The molecule has 0 aliphatic heterocycles. The molecule has 1 heterocycles. The van der Waals surface area contributed by atoms with E-state index in [-0.39, 0.29) is 5.75 Å². The number of unbranched alkanes of at least 4 members (excludes halogenated alkanes) is 1. The van der Waals surface area contributed by atoms with Crippen molar-refractivity contribution in [3.05, 3.63) is 22.4 Å². The summed E-state index contributed by atoms with van der Waals surface area (Å²) in [4.78, 5) is 0. The zero-order valence-corrected chi connectivity index (χ0v) is 9.46. The zero-order chi connectivity index (χ0) is 9.73. The molecule has 0 aliphatic carbocycles. The van der Waals surface area contributed by atoms with Gasteiger partial charge in [0.05, 0.1) is 5.75 Å². The van der Waals surface area contributed by atoms with Crippen molar-refractivity contribution in [1.82, 2.24) is 0 Å². The van der Waals surface area contributed by atoms with Gasteiger partial charge >= 0.3 is 0 Å². The Balaban J connectivity index is 2.16. The fraction of sp³-hybridized carbons (Fsp3) is 0.500. The van der Waals surface area contributed by atoms with Gasteiger partial charge in [-0.1, -0.05) is 0 Å². The van der Waals surface area contributed by atoms with Gasteiger partial charge < -0.3 is 0 Å².